The summed E-state index contributed by atoms with van der Waals surface area (Å²) in [7, 11) is -2.44. The van der Waals surface area contributed by atoms with Crippen molar-refractivity contribution in [2.24, 2.45) is 0 Å². The van der Waals surface area contributed by atoms with E-state index in [1.54, 1.807) is 25.1 Å². The van der Waals surface area contributed by atoms with Crippen LogP contribution < -0.4 is 10.6 Å². The Morgan fingerprint density at radius 1 is 1.04 bits per heavy atom. The Labute approximate surface area is 139 Å². The molecule has 0 spiro atoms. The van der Waals surface area contributed by atoms with Gasteiger partial charge in [0.15, 0.2) is 0 Å². The van der Waals surface area contributed by atoms with Crippen molar-refractivity contribution in [2.45, 2.75) is 18.7 Å². The van der Waals surface area contributed by atoms with Gasteiger partial charge in [-0.1, -0.05) is 19.1 Å². The van der Waals surface area contributed by atoms with Gasteiger partial charge in [-0.3, -0.25) is 0 Å². The molecule has 0 aliphatic rings. The smallest absolute Gasteiger partial charge is 0.308 e. The Morgan fingerprint density at radius 2 is 1.70 bits per heavy atom. The van der Waals surface area contributed by atoms with Crippen molar-refractivity contribution in [1.82, 2.24) is 0 Å². The van der Waals surface area contributed by atoms with Crippen molar-refractivity contribution < 1.29 is 13.2 Å². The maximum absolute atomic E-state index is 11.9. The van der Waals surface area contributed by atoms with Gasteiger partial charge in [0, 0.05) is 17.1 Å². The van der Waals surface area contributed by atoms with Gasteiger partial charge in [-0.15, -0.1) is 0 Å². The highest BCUT2D eigenvalue weighted by Crippen LogP contribution is 2.24. The van der Waals surface area contributed by atoms with Gasteiger partial charge in [-0.05, 0) is 59.7 Å². The second-order valence-corrected chi connectivity index (χ2v) is 9.05. The predicted molar refractivity (Wildman–Crippen MR) is 95.6 cm³/mol. The van der Waals surface area contributed by atoms with Crippen LogP contribution in [0.2, 0.25) is 0 Å². The van der Waals surface area contributed by atoms with E-state index in [0.29, 0.717) is 17.1 Å². The van der Waals surface area contributed by atoms with Crippen LogP contribution in [0.25, 0.3) is 0 Å². The molecule has 0 saturated carbocycles. The molecule has 0 unspecified atom stereocenters. The highest BCUT2D eigenvalue weighted by atomic mass is 33.1. The predicted octanol–water partition coefficient (Wildman–Crippen LogP) is 4.08. The number of hydrogen-bond donors (Lipinski definition) is 2. The maximum atomic E-state index is 11.9. The molecule has 0 radical (unpaired) electrons. The van der Waals surface area contributed by atoms with Crippen molar-refractivity contribution in [3.63, 3.8) is 0 Å². The van der Waals surface area contributed by atoms with E-state index in [-0.39, 0.29) is 10.9 Å². The fraction of sp³-hybridized carbons (Fsp3) is 0.188. The minimum absolute atomic E-state index is 0.231. The Hall–Kier alpha value is -1.99. The minimum atomic E-state index is -3.32. The van der Waals surface area contributed by atoms with Crippen LogP contribution in [0.4, 0.5) is 16.2 Å². The number of amides is 2. The lowest BCUT2D eigenvalue weighted by atomic mass is 10.2. The number of carbonyl (C=O) groups is 1. The first kappa shape index (κ1) is 17.4. The molecule has 2 aromatic carbocycles. The average molecular weight is 350 g/mol. The van der Waals surface area contributed by atoms with E-state index >= 15 is 0 Å². The van der Waals surface area contributed by atoms with Gasteiger partial charge in [-0.2, -0.15) is 0 Å². The van der Waals surface area contributed by atoms with Crippen LogP contribution in [0.3, 0.4) is 0 Å². The second-order valence-electron chi connectivity index (χ2n) is 4.83. The van der Waals surface area contributed by atoms with Crippen LogP contribution in [-0.2, 0) is 8.87 Å². The topological polar surface area (TPSA) is 75.3 Å². The Balaban J connectivity index is 2.02. The zero-order valence-electron chi connectivity index (χ0n) is 12.9. The molecule has 7 heteroatoms. The number of nitrogens with one attached hydrogen (secondary N) is 2. The lowest BCUT2D eigenvalue weighted by Crippen LogP contribution is -2.19. The molecular weight excluding hydrogens is 332 g/mol. The van der Waals surface area contributed by atoms with Crippen molar-refractivity contribution in [1.29, 1.82) is 0 Å². The summed E-state index contributed by atoms with van der Waals surface area (Å²) in [6.45, 7) is 3.73. The first-order valence-corrected chi connectivity index (χ1v) is 10.0. The van der Waals surface area contributed by atoms with Crippen LogP contribution in [-0.4, -0.2) is 20.2 Å². The first-order chi connectivity index (χ1) is 10.9. The van der Waals surface area contributed by atoms with Gasteiger partial charge >= 0.3 is 6.03 Å². The molecule has 23 heavy (non-hydrogen) atoms. The van der Waals surface area contributed by atoms with Crippen LogP contribution in [0.5, 0.6) is 0 Å². The minimum Gasteiger partial charge on any atom is -0.308 e. The first-order valence-electron chi connectivity index (χ1n) is 7.05. The van der Waals surface area contributed by atoms with Gasteiger partial charge in [0.1, 0.15) is 0 Å². The maximum Gasteiger partial charge on any atom is 0.323 e. The molecule has 5 nitrogen and oxygen atoms in total. The number of rotatable bonds is 5. The molecule has 122 valence electrons. The van der Waals surface area contributed by atoms with Gasteiger partial charge in [0.05, 0.1) is 4.90 Å². The molecule has 2 aromatic rings. The number of carbonyl (C=O) groups excluding carboxylic acids is 1. The normalized spacial score (nSPS) is 11.0. The fourth-order valence-corrected chi connectivity index (χ4v) is 4.53. The van der Waals surface area contributed by atoms with Gasteiger partial charge < -0.3 is 10.6 Å². The summed E-state index contributed by atoms with van der Waals surface area (Å²) in [5.41, 5.74) is 2.27. The Morgan fingerprint density at radius 3 is 2.30 bits per heavy atom. The van der Waals surface area contributed by atoms with E-state index in [0.717, 1.165) is 16.4 Å². The van der Waals surface area contributed by atoms with E-state index in [4.69, 9.17) is 0 Å². The van der Waals surface area contributed by atoms with E-state index < -0.39 is 8.87 Å². The molecule has 0 aliphatic heterocycles. The number of urea groups is 1. The summed E-state index contributed by atoms with van der Waals surface area (Å²) in [6, 6.07) is 13.2. The average Bonchev–Trinajstić information content (AvgIpc) is 2.47. The summed E-state index contributed by atoms with van der Waals surface area (Å²) in [4.78, 5) is 12.2. The van der Waals surface area contributed by atoms with Crippen molar-refractivity contribution in [3.05, 3.63) is 54.1 Å². The molecule has 2 rings (SSSR count). The summed E-state index contributed by atoms with van der Waals surface area (Å²) >= 11 is 0. The fourth-order valence-electron chi connectivity index (χ4n) is 1.94. The van der Waals surface area contributed by atoms with E-state index in [1.807, 2.05) is 25.1 Å². The molecular formula is C16H18N2O3S2. The largest absolute Gasteiger partial charge is 0.323 e. The number of benzene rings is 2. The van der Waals surface area contributed by atoms with E-state index in [2.05, 4.69) is 10.6 Å². The lowest BCUT2D eigenvalue weighted by molar-refractivity contribution is 0.262. The van der Waals surface area contributed by atoms with Gasteiger partial charge in [0.2, 0.25) is 8.87 Å². The second kappa shape index (κ2) is 7.52. The van der Waals surface area contributed by atoms with Gasteiger partial charge in [-0.25, -0.2) is 13.2 Å². The SMILES string of the molecule is CCSS(=O)(=O)c1ccc(NC(=O)Nc2cccc(C)c2)cc1. The third-order valence-electron chi connectivity index (χ3n) is 2.95. The van der Waals surface area contributed by atoms with Crippen LogP contribution >= 0.6 is 10.8 Å². The standard InChI is InChI=1S/C16H18N2O3S2/c1-3-22-23(20,21)15-9-7-13(8-10-15)17-16(19)18-14-6-4-5-12(2)11-14/h4-11H,3H2,1-2H3,(H2,17,18,19). The quantitative estimate of drug-likeness (QED) is 0.797. The van der Waals surface area contributed by atoms with Gasteiger partial charge in [0.25, 0.3) is 0 Å². The Kier molecular flexibility index (Phi) is 5.68. The third kappa shape index (κ3) is 5.01. The summed E-state index contributed by atoms with van der Waals surface area (Å²) in [5.74, 6) is 0.487. The summed E-state index contributed by atoms with van der Waals surface area (Å²) in [6.07, 6.45) is 0. The van der Waals surface area contributed by atoms with E-state index in [1.165, 1.54) is 12.1 Å². The molecule has 0 aliphatic carbocycles. The number of anilines is 2. The molecule has 0 bridgehead atoms. The number of hydrogen-bond acceptors (Lipinski definition) is 4. The van der Waals surface area contributed by atoms with Crippen molar-refractivity contribution in [3.8, 4) is 0 Å². The summed E-state index contributed by atoms with van der Waals surface area (Å²) in [5, 5.41) is 5.39. The lowest BCUT2D eigenvalue weighted by Gasteiger charge is -2.09. The highest BCUT2D eigenvalue weighted by molar-refractivity contribution is 8.72. The molecule has 2 amide bonds. The molecule has 0 heterocycles. The molecule has 0 atom stereocenters. The monoisotopic (exact) mass is 350 g/mol. The van der Waals surface area contributed by atoms with Crippen molar-refractivity contribution >= 4 is 37.1 Å². The van der Waals surface area contributed by atoms with E-state index in [9.17, 15) is 13.2 Å². The van der Waals surface area contributed by atoms with Crippen LogP contribution in [0, 0.1) is 6.92 Å². The zero-order chi connectivity index (χ0) is 16.9. The van der Waals surface area contributed by atoms with Crippen LogP contribution in [0.1, 0.15) is 12.5 Å². The Bertz CT molecular complexity index is 787. The zero-order valence-corrected chi connectivity index (χ0v) is 14.5. The molecule has 0 saturated heterocycles. The third-order valence-corrected chi connectivity index (χ3v) is 6.56. The molecule has 0 fully saturated rings. The molecule has 2 N–H and O–H groups in total. The summed E-state index contributed by atoms with van der Waals surface area (Å²) < 4.78 is 23.8. The van der Waals surface area contributed by atoms with Crippen LogP contribution in [0.15, 0.2) is 53.4 Å². The molecule has 0 aromatic heterocycles. The highest BCUT2D eigenvalue weighted by Gasteiger charge is 2.13. The van der Waals surface area contributed by atoms with Crippen molar-refractivity contribution in [2.75, 3.05) is 16.4 Å². The number of aryl methyl sites for hydroxylation is 1.